The molecule has 0 aliphatic carbocycles. The van der Waals surface area contributed by atoms with E-state index in [0.29, 0.717) is 0 Å². The first-order chi connectivity index (χ1) is 9.61. The van der Waals surface area contributed by atoms with Gasteiger partial charge in [-0.05, 0) is 18.2 Å². The molecular weight excluding hydrogens is 264 g/mol. The summed E-state index contributed by atoms with van der Waals surface area (Å²) in [6, 6.07) is 0. The Morgan fingerprint density at radius 1 is 0.700 bits per heavy atom. The van der Waals surface area contributed by atoms with Crippen LogP contribution in [0.3, 0.4) is 0 Å². The van der Waals surface area contributed by atoms with Crippen molar-refractivity contribution in [2.75, 3.05) is 0 Å². The molecule has 0 spiro atoms. The Morgan fingerprint density at radius 2 is 1.45 bits per heavy atom. The highest BCUT2D eigenvalue weighted by Gasteiger charge is 2.29. The highest BCUT2D eigenvalue weighted by molar-refractivity contribution is 5.86. The number of hydrogen-bond donors (Lipinski definition) is 4. The fraction of sp³-hybridized carbons (Fsp3) is 0. The van der Waals surface area contributed by atoms with Crippen molar-refractivity contribution in [2.24, 2.45) is 0 Å². The average Bonchev–Trinajstić information content (AvgIpc) is 2.51. The normalized spacial score (nSPS) is 19.4. The van der Waals surface area contributed by atoms with Crippen molar-refractivity contribution >= 4 is 11.8 Å². The van der Waals surface area contributed by atoms with Crippen molar-refractivity contribution in [3.8, 4) is 23.0 Å². The minimum Gasteiger partial charge on any atom is -0.504 e. The molecule has 102 valence electrons. The Labute approximate surface area is 113 Å². The van der Waals surface area contributed by atoms with Crippen molar-refractivity contribution < 1.29 is 29.9 Å². The van der Waals surface area contributed by atoms with Gasteiger partial charge >= 0.3 is 0 Å². The largest absolute Gasteiger partial charge is 0.504 e. The third-order valence-corrected chi connectivity index (χ3v) is 2.94. The number of ether oxygens (including phenoxy) is 2. The van der Waals surface area contributed by atoms with Gasteiger partial charge < -0.3 is 29.9 Å². The van der Waals surface area contributed by atoms with Crippen molar-refractivity contribution in [3.63, 3.8) is 0 Å². The van der Waals surface area contributed by atoms with Crippen LogP contribution in [0.15, 0.2) is 36.5 Å². The molecule has 0 radical (unpaired) electrons. The van der Waals surface area contributed by atoms with Crippen LogP contribution in [0.5, 0.6) is 23.0 Å². The van der Waals surface area contributed by atoms with E-state index in [-0.39, 0.29) is 22.6 Å². The predicted molar refractivity (Wildman–Crippen MR) is 69.5 cm³/mol. The number of aromatic hydroxyl groups is 4. The van der Waals surface area contributed by atoms with Crippen LogP contribution in [0.25, 0.3) is 11.8 Å². The van der Waals surface area contributed by atoms with E-state index >= 15 is 0 Å². The monoisotopic (exact) mass is 274 g/mol. The maximum atomic E-state index is 9.98. The molecule has 1 aromatic carbocycles. The molecule has 0 aromatic heterocycles. The molecule has 20 heavy (non-hydrogen) atoms. The summed E-state index contributed by atoms with van der Waals surface area (Å²) in [6.07, 6.45) is 9.00. The number of phenolic OH excluding ortho intramolecular Hbond substituents is 4. The Balaban J connectivity index is 2.32. The number of benzene rings is 1. The van der Waals surface area contributed by atoms with Crippen LogP contribution in [-0.4, -0.2) is 20.4 Å². The molecule has 6 heteroatoms. The number of phenols is 4. The van der Waals surface area contributed by atoms with Crippen molar-refractivity contribution in [1.82, 2.24) is 0 Å². The number of hydrogen-bond acceptors (Lipinski definition) is 6. The van der Waals surface area contributed by atoms with Gasteiger partial charge in [-0.25, -0.2) is 0 Å². The summed E-state index contributed by atoms with van der Waals surface area (Å²) in [7, 11) is 0. The second-order valence-electron chi connectivity index (χ2n) is 4.10. The second-order valence-corrected chi connectivity index (χ2v) is 4.10. The summed E-state index contributed by atoms with van der Waals surface area (Å²) in [5.74, 6) is -2.37. The molecule has 6 nitrogen and oxygen atoms in total. The van der Waals surface area contributed by atoms with Crippen LogP contribution in [0.1, 0.15) is 11.1 Å². The summed E-state index contributed by atoms with van der Waals surface area (Å²) in [5.41, 5.74) is 0.161. The molecule has 0 unspecified atom stereocenters. The third-order valence-electron chi connectivity index (χ3n) is 2.94. The number of allylic oxidation sites excluding steroid dienone is 3. The highest BCUT2D eigenvalue weighted by atomic mass is 16.5. The first-order valence-corrected chi connectivity index (χ1v) is 5.68. The maximum absolute atomic E-state index is 9.98. The fourth-order valence-corrected chi connectivity index (χ4v) is 1.99. The van der Waals surface area contributed by atoms with Gasteiger partial charge in [0, 0.05) is 5.56 Å². The summed E-state index contributed by atoms with van der Waals surface area (Å²) in [6.45, 7) is 0. The molecular formula is C14H10O6. The molecule has 2 aliphatic rings. The molecule has 0 fully saturated rings. The van der Waals surface area contributed by atoms with Crippen LogP contribution in [0.4, 0.5) is 0 Å². The molecule has 4 N–H and O–H groups in total. The number of fused-ring (bicyclic) bond motifs is 1. The van der Waals surface area contributed by atoms with Crippen LogP contribution >= 0.6 is 0 Å². The molecule has 0 amide bonds. The fourth-order valence-electron chi connectivity index (χ4n) is 1.99. The van der Waals surface area contributed by atoms with Gasteiger partial charge in [0.25, 0.3) is 0 Å². The highest BCUT2D eigenvalue weighted by Crippen LogP contribution is 2.51. The first kappa shape index (κ1) is 12.0. The molecule has 1 aromatic rings. The first-order valence-electron chi connectivity index (χ1n) is 5.68. The minimum absolute atomic E-state index is 0.0373. The lowest BCUT2D eigenvalue weighted by atomic mass is 9.99. The molecule has 0 atom stereocenters. The quantitative estimate of drug-likeness (QED) is 0.428. The Bertz CT molecular complexity index is 709. The van der Waals surface area contributed by atoms with E-state index in [0.717, 1.165) is 0 Å². The van der Waals surface area contributed by atoms with E-state index in [9.17, 15) is 20.4 Å². The number of rotatable bonds is 0. The third kappa shape index (κ3) is 1.58. The Morgan fingerprint density at radius 3 is 2.15 bits per heavy atom. The van der Waals surface area contributed by atoms with Gasteiger partial charge in [0.1, 0.15) is 0 Å². The standard InChI is InChI=1S/C14H10O6/c15-10-7-4-6-20-14(8-3-1-2-5-19-8)9(7)11(16)13(18)12(10)17/h1-6,15-18H. The molecule has 0 bridgehead atoms. The van der Waals surface area contributed by atoms with Crippen LogP contribution < -0.4 is 0 Å². The van der Waals surface area contributed by atoms with Crippen molar-refractivity contribution in [2.45, 2.75) is 0 Å². The van der Waals surface area contributed by atoms with Crippen LogP contribution in [-0.2, 0) is 9.47 Å². The lowest BCUT2D eigenvalue weighted by molar-refractivity contribution is 0.325. The van der Waals surface area contributed by atoms with E-state index in [1.165, 1.54) is 18.6 Å². The average molecular weight is 274 g/mol. The van der Waals surface area contributed by atoms with Crippen molar-refractivity contribution in [3.05, 3.63) is 47.6 Å². The van der Waals surface area contributed by atoms with Gasteiger partial charge in [-0.15, -0.1) is 0 Å². The topological polar surface area (TPSA) is 99.4 Å². The molecule has 3 rings (SSSR count). The lowest BCUT2D eigenvalue weighted by Crippen LogP contribution is -2.02. The predicted octanol–water partition coefficient (Wildman–Crippen LogP) is 2.28. The smallest absolute Gasteiger partial charge is 0.205 e. The summed E-state index contributed by atoms with van der Waals surface area (Å²) >= 11 is 0. The summed E-state index contributed by atoms with van der Waals surface area (Å²) < 4.78 is 10.6. The SMILES string of the molecule is Oc1c(O)c(O)c2c(c1O)C=COC2=C1C=CC=CO1. The Kier molecular flexibility index (Phi) is 2.57. The van der Waals surface area contributed by atoms with E-state index in [1.807, 2.05) is 0 Å². The van der Waals surface area contributed by atoms with Crippen molar-refractivity contribution in [1.29, 1.82) is 0 Å². The van der Waals surface area contributed by atoms with Gasteiger partial charge in [-0.3, -0.25) is 0 Å². The zero-order valence-corrected chi connectivity index (χ0v) is 10.1. The van der Waals surface area contributed by atoms with Gasteiger partial charge in [0.2, 0.25) is 11.5 Å². The van der Waals surface area contributed by atoms with E-state index in [4.69, 9.17) is 9.47 Å². The van der Waals surface area contributed by atoms with E-state index in [2.05, 4.69) is 0 Å². The van der Waals surface area contributed by atoms with Gasteiger partial charge in [-0.2, -0.15) is 0 Å². The molecule has 0 saturated carbocycles. The van der Waals surface area contributed by atoms with Gasteiger partial charge in [-0.1, -0.05) is 6.08 Å². The Hall–Kier alpha value is -3.02. The van der Waals surface area contributed by atoms with Crippen LogP contribution in [0.2, 0.25) is 0 Å². The zero-order chi connectivity index (χ0) is 14.3. The molecule has 0 saturated heterocycles. The van der Waals surface area contributed by atoms with Gasteiger partial charge in [0.05, 0.1) is 18.1 Å². The van der Waals surface area contributed by atoms with Gasteiger partial charge in [0.15, 0.2) is 23.0 Å². The molecule has 2 heterocycles. The lowest BCUT2D eigenvalue weighted by Gasteiger charge is -2.20. The summed E-state index contributed by atoms with van der Waals surface area (Å²) in [4.78, 5) is 0. The summed E-state index contributed by atoms with van der Waals surface area (Å²) in [5, 5.41) is 39.0. The van der Waals surface area contributed by atoms with Crippen LogP contribution in [0, 0.1) is 0 Å². The minimum atomic E-state index is -0.825. The maximum Gasteiger partial charge on any atom is 0.205 e. The van der Waals surface area contributed by atoms with E-state index in [1.54, 1.807) is 18.2 Å². The molecule has 2 aliphatic heterocycles. The zero-order valence-electron chi connectivity index (χ0n) is 10.1. The van der Waals surface area contributed by atoms with E-state index < -0.39 is 23.0 Å². The second kappa shape index (κ2) is 4.27.